The summed E-state index contributed by atoms with van der Waals surface area (Å²) in [5, 5.41) is 16.8. The van der Waals surface area contributed by atoms with E-state index in [1.165, 1.54) is 0 Å². The number of hydrogen-bond donors (Lipinski definition) is 7. The lowest BCUT2D eigenvalue weighted by Gasteiger charge is -2.38. The van der Waals surface area contributed by atoms with Crippen molar-refractivity contribution < 1.29 is 0 Å². The molecule has 9 heteroatoms. The molecule has 8 bridgehead atoms. The van der Waals surface area contributed by atoms with Gasteiger partial charge in [-0.3, -0.25) is 0 Å². The van der Waals surface area contributed by atoms with E-state index >= 15 is 0 Å². The molecule has 2 aliphatic rings. The number of fused-ring (bicyclic) bond motifs is 8. The fourth-order valence-electron chi connectivity index (χ4n) is 17.3. The Morgan fingerprint density at radius 1 is 0.198 bits per heavy atom. The molecule has 0 amide bonds. The number of nitrogen functional groups attached to an aromatic ring is 1. The second-order valence-electron chi connectivity index (χ2n) is 29.3. The van der Waals surface area contributed by atoms with Crippen LogP contribution in [0.2, 0.25) is 0 Å². The van der Waals surface area contributed by atoms with Crippen LogP contribution in [-0.4, -0.2) is 19.9 Å². The van der Waals surface area contributed by atoms with E-state index in [0.717, 1.165) is 168 Å². The van der Waals surface area contributed by atoms with E-state index in [2.05, 4.69) is 450 Å². The van der Waals surface area contributed by atoms with Gasteiger partial charge in [-0.1, -0.05) is 358 Å². The molecule has 0 saturated carbocycles. The number of hydrogen-bond acceptors (Lipinski definition) is 7. The lowest BCUT2D eigenvalue weighted by Crippen LogP contribution is -2.38. The van der Waals surface area contributed by atoms with Crippen molar-refractivity contribution in [3.63, 3.8) is 0 Å². The molecule has 19 rings (SSSR count). The number of anilines is 6. The molecule has 0 spiro atoms. The number of para-hydroxylation sites is 6. The molecule has 0 saturated heterocycles. The zero-order valence-electron chi connectivity index (χ0n) is 63.6. The number of H-pyrrole nitrogens is 2. The van der Waals surface area contributed by atoms with Crippen molar-refractivity contribution in [2.45, 2.75) is 16.6 Å². The minimum Gasteiger partial charge on any atom is -0.397 e. The third-order valence-electron chi connectivity index (χ3n) is 22.6. The van der Waals surface area contributed by atoms with Crippen LogP contribution in [0.15, 0.2) is 419 Å². The average molecular weight is 1490 g/mol. The molecule has 2 aliphatic heterocycles. The minimum atomic E-state index is -0.906. The maximum Gasteiger partial charge on any atom is 0.114 e. The van der Waals surface area contributed by atoms with Gasteiger partial charge in [-0.25, -0.2) is 9.97 Å². The summed E-state index contributed by atoms with van der Waals surface area (Å²) in [5.74, 6) is 0. The lowest BCUT2D eigenvalue weighted by atomic mass is 9.76. The molecule has 5 heterocycles. The monoisotopic (exact) mass is 1490 g/mol. The van der Waals surface area contributed by atoms with Crippen molar-refractivity contribution >= 4 is 80.5 Å². The van der Waals surface area contributed by atoms with Crippen LogP contribution in [0.25, 0.3) is 90.9 Å². The van der Waals surface area contributed by atoms with Gasteiger partial charge in [0.15, 0.2) is 0 Å². The highest BCUT2D eigenvalue weighted by Gasteiger charge is 2.41. The predicted octanol–water partition coefficient (Wildman–Crippen LogP) is 25.9. The third kappa shape index (κ3) is 13.0. The zero-order chi connectivity index (χ0) is 77.7. The van der Waals surface area contributed by atoms with E-state index < -0.39 is 16.6 Å². The van der Waals surface area contributed by atoms with E-state index in [0.29, 0.717) is 5.69 Å². The molecule has 8 N–H and O–H groups in total. The maximum atomic E-state index is 6.83. The number of nitrogens with two attached hydrogens (primary N) is 1. The van der Waals surface area contributed by atoms with Crippen LogP contribution in [0.4, 0.5) is 34.1 Å². The first-order valence-electron chi connectivity index (χ1n) is 39.4. The number of nitrogens with zero attached hydrogens (tertiary/aromatic N) is 2. The van der Waals surface area contributed by atoms with Gasteiger partial charge in [0.1, 0.15) is 16.6 Å². The second kappa shape index (κ2) is 31.1. The van der Waals surface area contributed by atoms with Crippen LogP contribution < -0.4 is 27.0 Å². The first-order valence-corrected chi connectivity index (χ1v) is 39.4. The van der Waals surface area contributed by atoms with E-state index in [-0.39, 0.29) is 0 Å². The lowest BCUT2D eigenvalue weighted by molar-refractivity contribution is 0.712. The number of nitrogens with one attached hydrogen (secondary N) is 6. The van der Waals surface area contributed by atoms with E-state index in [1.54, 1.807) is 0 Å². The summed E-state index contributed by atoms with van der Waals surface area (Å²) in [6.07, 6.45) is 8.73. The zero-order valence-corrected chi connectivity index (χ0v) is 63.6. The van der Waals surface area contributed by atoms with Crippen molar-refractivity contribution in [2.75, 3.05) is 27.0 Å². The topological polar surface area (TPSA) is 132 Å². The number of aromatic amines is 2. The number of aromatic nitrogens is 4. The Bertz CT molecular complexity index is 6170. The summed E-state index contributed by atoms with van der Waals surface area (Å²) in [7, 11) is 0. The molecule has 17 aromatic rings. The van der Waals surface area contributed by atoms with Gasteiger partial charge in [0.2, 0.25) is 0 Å². The van der Waals surface area contributed by atoms with Crippen LogP contribution >= 0.6 is 0 Å². The Morgan fingerprint density at radius 2 is 0.388 bits per heavy atom. The van der Waals surface area contributed by atoms with Gasteiger partial charge in [0, 0.05) is 89.3 Å². The van der Waals surface area contributed by atoms with E-state index in [4.69, 9.17) is 15.7 Å². The molecule has 0 atom stereocenters. The first kappa shape index (κ1) is 71.0. The van der Waals surface area contributed by atoms with Gasteiger partial charge in [0.05, 0.1) is 34.2 Å². The molecule has 0 unspecified atom stereocenters. The Hall–Kier alpha value is -15.3. The molecule has 0 aliphatic carbocycles. The highest BCUT2D eigenvalue weighted by molar-refractivity contribution is 6.05. The Balaban J connectivity index is 0.933. The summed E-state index contributed by atoms with van der Waals surface area (Å²) in [5.41, 5.74) is 32.1. The van der Waals surface area contributed by atoms with Gasteiger partial charge < -0.3 is 37.0 Å². The van der Waals surface area contributed by atoms with Gasteiger partial charge >= 0.3 is 0 Å². The fourth-order valence-corrected chi connectivity index (χ4v) is 17.3. The molecular formula is C107H81N9. The quantitative estimate of drug-likeness (QED) is 0.0282. The van der Waals surface area contributed by atoms with Crippen molar-refractivity contribution in [1.29, 1.82) is 0 Å². The maximum absolute atomic E-state index is 6.83. The predicted molar refractivity (Wildman–Crippen MR) is 483 cm³/mol. The summed E-state index contributed by atoms with van der Waals surface area (Å²) in [6.45, 7) is 0. The molecule has 9 nitrogen and oxygen atoms in total. The molecule has 3 aromatic heterocycles. The molecule has 0 radical (unpaired) electrons. The standard InChI is InChI=1S/C107H81N9/c108-87-60-32-37-65-92(87)109-88-61-33-28-56-83(88)101-93-66-68-95(110-93)102(84-57-29-34-62-89(84)114-105(74-38-10-1-11-39-74,75-40-12-2-13-41-75)76-42-14-3-15-43-76)97-70-72-99(112-97)104(86-59-31-36-64-91(86)116-107(80-50-22-7-23-51-80,81-52-24-8-25-53-81)82-54-26-9-27-55-82)100-73-71-98(113-100)103(96-69-67-94(101)111-96)85-58-30-35-63-90(85)115-106(77-44-16-4-17-45-77,78-46-18-5-19-47-78)79-48-20-6-21-49-79/h1-73,109-110,113-116H,108H2. The number of benzene rings is 14. The first-order chi connectivity index (χ1) is 57.4. The molecule has 0 fully saturated rings. The van der Waals surface area contributed by atoms with Gasteiger partial charge in [0.25, 0.3) is 0 Å². The van der Waals surface area contributed by atoms with E-state index in [9.17, 15) is 0 Å². The summed E-state index contributed by atoms with van der Waals surface area (Å²) < 4.78 is 0. The fraction of sp³-hybridized carbons (Fsp3) is 0.0280. The summed E-state index contributed by atoms with van der Waals surface area (Å²) in [4.78, 5) is 20.5. The highest BCUT2D eigenvalue weighted by Crippen LogP contribution is 2.50. The summed E-state index contributed by atoms with van der Waals surface area (Å²) >= 11 is 0. The largest absolute Gasteiger partial charge is 0.397 e. The Labute approximate surface area is 675 Å². The Morgan fingerprint density at radius 3 is 0.621 bits per heavy atom. The van der Waals surface area contributed by atoms with Crippen LogP contribution in [0.1, 0.15) is 72.8 Å². The highest BCUT2D eigenvalue weighted by atomic mass is 15.0. The molecule has 14 aromatic carbocycles. The molecular weight excluding hydrogens is 1410 g/mol. The van der Waals surface area contributed by atoms with Crippen molar-refractivity contribution in [2.24, 2.45) is 0 Å². The van der Waals surface area contributed by atoms with E-state index in [1.807, 2.05) is 24.3 Å². The van der Waals surface area contributed by atoms with Gasteiger partial charge in [-0.2, -0.15) is 0 Å². The van der Waals surface area contributed by atoms with Crippen molar-refractivity contribution in [1.82, 2.24) is 19.9 Å². The minimum absolute atomic E-state index is 0.623. The normalized spacial score (nSPS) is 11.9. The van der Waals surface area contributed by atoms with Crippen LogP contribution in [0.3, 0.4) is 0 Å². The molecule has 554 valence electrons. The van der Waals surface area contributed by atoms with Gasteiger partial charge in [-0.05, 0) is 135 Å². The Kier molecular flexibility index (Phi) is 19.0. The average Bonchev–Trinajstić information content (AvgIpc) is 1.00. The third-order valence-corrected chi connectivity index (χ3v) is 22.6. The van der Waals surface area contributed by atoms with Crippen LogP contribution in [0, 0.1) is 0 Å². The summed E-state index contributed by atoms with van der Waals surface area (Å²) in [6, 6.07) is 148. The second-order valence-corrected chi connectivity index (χ2v) is 29.3. The molecule has 116 heavy (non-hydrogen) atoms. The van der Waals surface area contributed by atoms with Crippen molar-refractivity contribution in [3.05, 3.63) is 491 Å². The SMILES string of the molecule is Nc1ccccc1Nc1ccccc1-c1c2nc(c(-c3ccccc3NC(c3ccccc3)(c3ccccc3)c3ccccc3)c3ccc([nH]3)c(-c3ccccc3NC(c3ccccc3)(c3ccccc3)c3ccccc3)c3nc(c(-c4ccccc4NC(c4ccccc4)(c4ccccc4)c4ccccc4)c4ccc1[nH]4)C=C3)C=C2. The van der Waals surface area contributed by atoms with Crippen molar-refractivity contribution in [3.8, 4) is 44.5 Å². The van der Waals surface area contributed by atoms with Gasteiger partial charge in [-0.15, -0.1) is 0 Å². The smallest absolute Gasteiger partial charge is 0.114 e. The number of rotatable bonds is 21. The van der Waals surface area contributed by atoms with Crippen LogP contribution in [0.5, 0.6) is 0 Å². The van der Waals surface area contributed by atoms with Crippen LogP contribution in [-0.2, 0) is 16.6 Å².